The quantitative estimate of drug-likeness (QED) is 0.284. The number of carbonyl (C=O) groups is 1. The van der Waals surface area contributed by atoms with Gasteiger partial charge in [-0.25, -0.2) is 9.97 Å². The van der Waals surface area contributed by atoms with Crippen LogP contribution in [-0.2, 0) is 6.54 Å². The minimum atomic E-state index is -0.0187. The predicted octanol–water partition coefficient (Wildman–Crippen LogP) is 6.42. The molecule has 0 N–H and O–H groups in total. The van der Waals surface area contributed by atoms with Crippen LogP contribution in [0.2, 0.25) is 0 Å². The summed E-state index contributed by atoms with van der Waals surface area (Å²) in [4.78, 5) is 24.5. The number of rotatable bonds is 6. The van der Waals surface area contributed by atoms with Crippen molar-refractivity contribution >= 4 is 55.8 Å². The van der Waals surface area contributed by atoms with Crippen LogP contribution in [0.5, 0.6) is 0 Å². The maximum atomic E-state index is 13.7. The number of amides is 1. The molecule has 7 heteroatoms. The first-order valence-corrected chi connectivity index (χ1v) is 11.5. The molecule has 3 aromatic carbocycles. The summed E-state index contributed by atoms with van der Waals surface area (Å²) in [6.07, 6.45) is 6.33. The first-order valence-electron chi connectivity index (χ1n) is 10.7. The fourth-order valence-electron chi connectivity index (χ4n) is 4.07. The Balaban J connectivity index is 0.00000259. The van der Waals surface area contributed by atoms with Crippen molar-refractivity contribution in [2.75, 3.05) is 11.4 Å². The van der Waals surface area contributed by atoms with E-state index in [2.05, 4.69) is 37.0 Å². The van der Waals surface area contributed by atoms with Crippen LogP contribution in [0, 0.1) is 13.8 Å². The lowest BCUT2D eigenvalue weighted by atomic mass is 10.1. The Labute approximate surface area is 203 Å². The molecule has 0 unspecified atom stereocenters. The van der Waals surface area contributed by atoms with E-state index in [1.807, 2.05) is 52.1 Å². The van der Waals surface area contributed by atoms with Gasteiger partial charge in [0, 0.05) is 31.0 Å². The number of anilines is 1. The molecule has 0 atom stereocenters. The standard InChI is InChI=1S/C26H24N4OS.ClH/c1-18-14-19(2)24-23(15-18)28-26(32-24)30(12-5-11-29-13-10-27-17-29)25(31)22-9-8-20-6-3-4-7-21(20)16-22;/h3-4,6-10,13-17H,5,11-12H2,1-2H3;1H. The third-order valence-corrected chi connectivity index (χ3v) is 6.87. The number of hydrogen-bond donors (Lipinski definition) is 0. The number of carbonyl (C=O) groups excluding carboxylic acids is 1. The van der Waals surface area contributed by atoms with E-state index in [0.717, 1.165) is 39.1 Å². The van der Waals surface area contributed by atoms with E-state index in [1.54, 1.807) is 23.9 Å². The van der Waals surface area contributed by atoms with E-state index < -0.39 is 0 Å². The van der Waals surface area contributed by atoms with Gasteiger partial charge in [-0.15, -0.1) is 12.4 Å². The van der Waals surface area contributed by atoms with E-state index in [4.69, 9.17) is 4.98 Å². The summed E-state index contributed by atoms with van der Waals surface area (Å²) >= 11 is 1.59. The van der Waals surface area contributed by atoms with Crippen molar-refractivity contribution < 1.29 is 4.79 Å². The second-order valence-electron chi connectivity index (χ2n) is 8.10. The van der Waals surface area contributed by atoms with Crippen molar-refractivity contribution in [3.63, 3.8) is 0 Å². The average Bonchev–Trinajstić information content (AvgIpc) is 3.46. The second kappa shape index (κ2) is 9.73. The lowest BCUT2D eigenvalue weighted by molar-refractivity contribution is 0.0986. The highest BCUT2D eigenvalue weighted by Crippen LogP contribution is 2.33. The molecule has 2 aromatic heterocycles. The van der Waals surface area contributed by atoms with Crippen LogP contribution in [0.1, 0.15) is 27.9 Å². The van der Waals surface area contributed by atoms with Gasteiger partial charge < -0.3 is 4.57 Å². The molecule has 0 spiro atoms. The molecule has 0 aliphatic carbocycles. The van der Waals surface area contributed by atoms with Gasteiger partial charge in [0.1, 0.15) is 0 Å². The van der Waals surface area contributed by atoms with E-state index >= 15 is 0 Å². The summed E-state index contributed by atoms with van der Waals surface area (Å²) in [5.74, 6) is -0.0187. The fraction of sp³-hybridized carbons (Fsp3) is 0.192. The Morgan fingerprint density at radius 1 is 1.06 bits per heavy atom. The summed E-state index contributed by atoms with van der Waals surface area (Å²) in [6.45, 7) is 5.56. The fourth-order valence-corrected chi connectivity index (χ4v) is 5.11. The number of imidazole rings is 1. The van der Waals surface area contributed by atoms with Crippen molar-refractivity contribution in [3.8, 4) is 0 Å². The summed E-state index contributed by atoms with van der Waals surface area (Å²) in [6, 6.07) is 18.3. The number of thiazole rings is 1. The molecule has 5 nitrogen and oxygen atoms in total. The largest absolute Gasteiger partial charge is 0.337 e. The van der Waals surface area contributed by atoms with Gasteiger partial charge in [-0.2, -0.15) is 0 Å². The van der Waals surface area contributed by atoms with Crippen LogP contribution in [-0.4, -0.2) is 27.0 Å². The Hall–Kier alpha value is -3.22. The third kappa shape index (κ3) is 4.77. The maximum absolute atomic E-state index is 13.7. The molecule has 1 amide bonds. The normalized spacial score (nSPS) is 11.0. The smallest absolute Gasteiger partial charge is 0.260 e. The molecule has 0 radical (unpaired) electrons. The molecule has 0 aliphatic rings. The molecule has 0 aliphatic heterocycles. The lowest BCUT2D eigenvalue weighted by Crippen LogP contribution is -2.32. The summed E-state index contributed by atoms with van der Waals surface area (Å²) in [5.41, 5.74) is 4.01. The van der Waals surface area contributed by atoms with E-state index in [-0.39, 0.29) is 18.3 Å². The van der Waals surface area contributed by atoms with Gasteiger partial charge in [-0.1, -0.05) is 47.7 Å². The Morgan fingerprint density at radius 2 is 1.88 bits per heavy atom. The minimum absolute atomic E-state index is 0. The van der Waals surface area contributed by atoms with Crippen LogP contribution in [0.3, 0.4) is 0 Å². The van der Waals surface area contributed by atoms with Crippen LogP contribution < -0.4 is 4.90 Å². The van der Waals surface area contributed by atoms with Gasteiger partial charge >= 0.3 is 0 Å². The molecule has 2 heterocycles. The minimum Gasteiger partial charge on any atom is -0.337 e. The third-order valence-electron chi connectivity index (χ3n) is 5.64. The maximum Gasteiger partial charge on any atom is 0.260 e. The Morgan fingerprint density at radius 3 is 2.67 bits per heavy atom. The average molecular weight is 477 g/mol. The van der Waals surface area contributed by atoms with E-state index in [1.165, 1.54) is 11.1 Å². The molecular formula is C26H25ClN4OS. The number of fused-ring (bicyclic) bond motifs is 2. The monoisotopic (exact) mass is 476 g/mol. The van der Waals surface area contributed by atoms with Crippen molar-refractivity contribution in [2.24, 2.45) is 0 Å². The number of aromatic nitrogens is 3. The number of halogens is 1. The van der Waals surface area contributed by atoms with Crippen molar-refractivity contribution in [3.05, 3.63) is 90.0 Å². The highest BCUT2D eigenvalue weighted by atomic mass is 35.5. The van der Waals surface area contributed by atoms with Crippen molar-refractivity contribution in [1.29, 1.82) is 0 Å². The number of aryl methyl sites for hydroxylation is 3. The summed E-state index contributed by atoms with van der Waals surface area (Å²) in [5, 5.41) is 2.94. The second-order valence-corrected chi connectivity index (χ2v) is 9.08. The van der Waals surface area contributed by atoms with Gasteiger partial charge in [0.25, 0.3) is 5.91 Å². The zero-order valence-electron chi connectivity index (χ0n) is 18.6. The molecule has 0 saturated carbocycles. The van der Waals surface area contributed by atoms with Gasteiger partial charge in [-0.3, -0.25) is 9.69 Å². The first-order chi connectivity index (χ1) is 15.6. The van der Waals surface area contributed by atoms with Gasteiger partial charge in [0.05, 0.1) is 16.5 Å². The van der Waals surface area contributed by atoms with Crippen LogP contribution >= 0.6 is 23.7 Å². The van der Waals surface area contributed by atoms with Crippen LogP contribution in [0.4, 0.5) is 5.13 Å². The van der Waals surface area contributed by atoms with Crippen molar-refractivity contribution in [2.45, 2.75) is 26.8 Å². The molecular weight excluding hydrogens is 452 g/mol. The predicted molar refractivity (Wildman–Crippen MR) is 139 cm³/mol. The zero-order chi connectivity index (χ0) is 22.1. The molecule has 5 aromatic rings. The Bertz CT molecular complexity index is 1410. The molecule has 0 fully saturated rings. The van der Waals surface area contributed by atoms with Gasteiger partial charge in [0.15, 0.2) is 5.13 Å². The van der Waals surface area contributed by atoms with Crippen LogP contribution in [0.25, 0.3) is 21.0 Å². The molecule has 0 saturated heterocycles. The lowest BCUT2D eigenvalue weighted by Gasteiger charge is -2.20. The number of nitrogens with zero attached hydrogens (tertiary/aromatic N) is 4. The van der Waals surface area contributed by atoms with Gasteiger partial charge in [0.2, 0.25) is 0 Å². The zero-order valence-corrected chi connectivity index (χ0v) is 20.2. The molecule has 0 bridgehead atoms. The van der Waals surface area contributed by atoms with Crippen molar-refractivity contribution in [1.82, 2.24) is 14.5 Å². The highest BCUT2D eigenvalue weighted by Gasteiger charge is 2.22. The molecule has 5 rings (SSSR count). The Kier molecular flexibility index (Phi) is 6.77. The molecule has 168 valence electrons. The first kappa shape index (κ1) is 23.0. The SMILES string of the molecule is Cc1cc(C)c2sc(N(CCCn3ccnc3)C(=O)c3ccc4ccccc4c3)nc2c1.Cl. The summed E-state index contributed by atoms with van der Waals surface area (Å²) < 4.78 is 3.17. The van der Waals surface area contributed by atoms with Gasteiger partial charge in [-0.05, 0) is 60.4 Å². The number of benzene rings is 3. The highest BCUT2D eigenvalue weighted by molar-refractivity contribution is 7.22. The number of hydrogen-bond acceptors (Lipinski definition) is 4. The summed E-state index contributed by atoms with van der Waals surface area (Å²) in [7, 11) is 0. The van der Waals surface area contributed by atoms with E-state index in [9.17, 15) is 4.79 Å². The van der Waals surface area contributed by atoms with E-state index in [0.29, 0.717) is 12.1 Å². The van der Waals surface area contributed by atoms with Crippen LogP contribution in [0.15, 0.2) is 73.3 Å². The molecule has 33 heavy (non-hydrogen) atoms. The topological polar surface area (TPSA) is 51.0 Å².